The van der Waals surface area contributed by atoms with Crippen molar-refractivity contribution in [2.24, 2.45) is 5.73 Å². The van der Waals surface area contributed by atoms with Crippen molar-refractivity contribution in [3.05, 3.63) is 113 Å². The van der Waals surface area contributed by atoms with Crippen molar-refractivity contribution in [1.29, 1.82) is 0 Å². The molecule has 138 valence electrons. The lowest BCUT2D eigenvalue weighted by molar-refractivity contribution is 0.761. The topological polar surface area (TPSA) is 60.9 Å². The minimum atomic E-state index is -0.0326. The molecule has 0 amide bonds. The molecule has 4 nitrogen and oxygen atoms in total. The third-order valence-electron chi connectivity index (χ3n) is 4.79. The normalized spacial score (nSPS) is 10.8. The maximum Gasteiger partial charge on any atom is 0.251 e. The molecule has 28 heavy (non-hydrogen) atoms. The Morgan fingerprint density at radius 3 is 2.29 bits per heavy atom. The fraction of sp³-hybridized carbons (Fsp3) is 0.0833. The van der Waals surface area contributed by atoms with Gasteiger partial charge in [0.05, 0.1) is 6.54 Å². The molecule has 4 aromatic rings. The van der Waals surface area contributed by atoms with E-state index in [1.807, 2.05) is 72.9 Å². The van der Waals surface area contributed by atoms with Gasteiger partial charge in [-0.3, -0.25) is 9.78 Å². The summed E-state index contributed by atoms with van der Waals surface area (Å²) in [6.45, 7) is 0.990. The summed E-state index contributed by atoms with van der Waals surface area (Å²) in [7, 11) is 0. The molecule has 0 radical (unpaired) electrons. The number of pyridine rings is 2. The number of hydrogen-bond acceptors (Lipinski definition) is 3. The first kappa shape index (κ1) is 17.9. The lowest BCUT2D eigenvalue weighted by Gasteiger charge is -2.15. The molecule has 0 aliphatic carbocycles. The number of hydrogen-bond donors (Lipinski definition) is 1. The summed E-state index contributed by atoms with van der Waals surface area (Å²) >= 11 is 0. The summed E-state index contributed by atoms with van der Waals surface area (Å²) in [4.78, 5) is 17.0. The van der Waals surface area contributed by atoms with E-state index in [1.54, 1.807) is 23.0 Å². The Morgan fingerprint density at radius 1 is 0.786 bits per heavy atom. The first-order chi connectivity index (χ1) is 13.7. The molecule has 2 N–H and O–H groups in total. The summed E-state index contributed by atoms with van der Waals surface area (Å²) in [5.74, 6) is 0. The van der Waals surface area contributed by atoms with Gasteiger partial charge in [-0.25, -0.2) is 0 Å². The third kappa shape index (κ3) is 3.77. The van der Waals surface area contributed by atoms with E-state index in [0.717, 1.165) is 33.4 Å². The smallest absolute Gasteiger partial charge is 0.251 e. The average molecular weight is 367 g/mol. The summed E-state index contributed by atoms with van der Waals surface area (Å²) < 4.78 is 1.75. The van der Waals surface area contributed by atoms with Crippen LogP contribution in [0.25, 0.3) is 22.3 Å². The van der Waals surface area contributed by atoms with Crippen LogP contribution in [0.15, 0.2) is 96.2 Å². The van der Waals surface area contributed by atoms with Gasteiger partial charge in [0, 0.05) is 36.8 Å². The molecule has 0 spiro atoms. The van der Waals surface area contributed by atoms with Crippen LogP contribution in [0.2, 0.25) is 0 Å². The number of nitrogens with two attached hydrogens (primary N) is 1. The second-order valence-electron chi connectivity index (χ2n) is 6.69. The Hall–Kier alpha value is -3.50. The minimum absolute atomic E-state index is 0.0326. The highest BCUT2D eigenvalue weighted by Gasteiger charge is 2.12. The van der Waals surface area contributed by atoms with Crippen LogP contribution in [0, 0.1) is 0 Å². The first-order valence-corrected chi connectivity index (χ1v) is 9.23. The van der Waals surface area contributed by atoms with Gasteiger partial charge in [-0.2, -0.15) is 0 Å². The standard InChI is InChI=1S/C24H21N3O/c25-15-19-7-4-8-21(13-19)22-14-24(28)27(16-18-5-2-1-3-6-18)17-23(22)20-9-11-26-12-10-20/h1-14,17H,15-16,25H2. The Balaban J connectivity index is 1.88. The Kier molecular flexibility index (Phi) is 5.13. The quantitative estimate of drug-likeness (QED) is 0.578. The lowest BCUT2D eigenvalue weighted by atomic mass is 9.95. The zero-order chi connectivity index (χ0) is 19.3. The van der Waals surface area contributed by atoms with Crippen LogP contribution in [-0.4, -0.2) is 9.55 Å². The predicted molar refractivity (Wildman–Crippen MR) is 113 cm³/mol. The van der Waals surface area contributed by atoms with Crippen molar-refractivity contribution < 1.29 is 0 Å². The van der Waals surface area contributed by atoms with E-state index in [-0.39, 0.29) is 5.56 Å². The van der Waals surface area contributed by atoms with Gasteiger partial charge in [0.1, 0.15) is 0 Å². The van der Waals surface area contributed by atoms with Gasteiger partial charge in [-0.1, -0.05) is 48.5 Å². The third-order valence-corrected chi connectivity index (χ3v) is 4.79. The van der Waals surface area contributed by atoms with Gasteiger partial charge in [0.25, 0.3) is 5.56 Å². The van der Waals surface area contributed by atoms with Gasteiger partial charge >= 0.3 is 0 Å². The van der Waals surface area contributed by atoms with E-state index in [1.165, 1.54) is 0 Å². The van der Waals surface area contributed by atoms with Gasteiger partial charge in [-0.15, -0.1) is 0 Å². The van der Waals surface area contributed by atoms with E-state index in [2.05, 4.69) is 4.98 Å². The van der Waals surface area contributed by atoms with Crippen LogP contribution in [0.4, 0.5) is 0 Å². The Bertz CT molecular complexity index is 1140. The fourth-order valence-electron chi connectivity index (χ4n) is 3.34. The number of rotatable bonds is 5. The van der Waals surface area contributed by atoms with Crippen molar-refractivity contribution in [1.82, 2.24) is 9.55 Å². The van der Waals surface area contributed by atoms with Crippen LogP contribution in [0.5, 0.6) is 0 Å². The maximum atomic E-state index is 12.9. The van der Waals surface area contributed by atoms with Crippen molar-refractivity contribution in [2.45, 2.75) is 13.1 Å². The first-order valence-electron chi connectivity index (χ1n) is 9.23. The number of benzene rings is 2. The Labute approximate surface area is 163 Å². The second kappa shape index (κ2) is 8.03. The highest BCUT2D eigenvalue weighted by Crippen LogP contribution is 2.31. The van der Waals surface area contributed by atoms with E-state index < -0.39 is 0 Å². The molecule has 4 heteroatoms. The highest BCUT2D eigenvalue weighted by molar-refractivity contribution is 5.82. The Morgan fingerprint density at radius 2 is 1.54 bits per heavy atom. The molecular weight excluding hydrogens is 346 g/mol. The molecule has 0 saturated heterocycles. The fourth-order valence-corrected chi connectivity index (χ4v) is 3.34. The minimum Gasteiger partial charge on any atom is -0.326 e. The molecule has 4 rings (SSSR count). The molecule has 0 aliphatic heterocycles. The molecule has 2 aromatic carbocycles. The lowest BCUT2D eigenvalue weighted by Crippen LogP contribution is -2.20. The summed E-state index contributed by atoms with van der Waals surface area (Å²) in [6.07, 6.45) is 5.47. The van der Waals surface area contributed by atoms with Gasteiger partial charge in [-0.05, 0) is 46.0 Å². The largest absolute Gasteiger partial charge is 0.326 e. The summed E-state index contributed by atoms with van der Waals surface area (Å²) in [6, 6.07) is 23.7. The second-order valence-corrected chi connectivity index (χ2v) is 6.69. The van der Waals surface area contributed by atoms with Crippen LogP contribution < -0.4 is 11.3 Å². The van der Waals surface area contributed by atoms with Crippen molar-refractivity contribution in [2.75, 3.05) is 0 Å². The molecule has 2 aromatic heterocycles. The summed E-state index contributed by atoms with van der Waals surface area (Å²) in [5.41, 5.74) is 11.8. The molecule has 0 aliphatic rings. The van der Waals surface area contributed by atoms with E-state index in [9.17, 15) is 4.79 Å². The molecule has 0 atom stereocenters. The van der Waals surface area contributed by atoms with Gasteiger partial charge in [0.15, 0.2) is 0 Å². The van der Waals surface area contributed by atoms with Gasteiger partial charge in [0.2, 0.25) is 0 Å². The average Bonchev–Trinajstić information content (AvgIpc) is 2.76. The van der Waals surface area contributed by atoms with Crippen LogP contribution in [0.1, 0.15) is 11.1 Å². The van der Waals surface area contributed by atoms with Gasteiger partial charge < -0.3 is 10.3 Å². The SMILES string of the molecule is NCc1cccc(-c2cc(=O)n(Cc3ccccc3)cc2-c2ccncc2)c1. The summed E-state index contributed by atoms with van der Waals surface area (Å²) in [5, 5.41) is 0. The van der Waals surface area contributed by atoms with Crippen LogP contribution in [-0.2, 0) is 13.1 Å². The van der Waals surface area contributed by atoms with E-state index >= 15 is 0 Å². The highest BCUT2D eigenvalue weighted by atomic mass is 16.1. The molecule has 0 unspecified atom stereocenters. The molecule has 0 bridgehead atoms. The molecular formula is C24H21N3O. The van der Waals surface area contributed by atoms with Crippen molar-refractivity contribution in [3.63, 3.8) is 0 Å². The number of aromatic nitrogens is 2. The van der Waals surface area contributed by atoms with Crippen molar-refractivity contribution in [3.8, 4) is 22.3 Å². The van der Waals surface area contributed by atoms with Crippen molar-refractivity contribution >= 4 is 0 Å². The van der Waals surface area contributed by atoms with Crippen LogP contribution in [0.3, 0.4) is 0 Å². The van der Waals surface area contributed by atoms with E-state index in [0.29, 0.717) is 13.1 Å². The monoisotopic (exact) mass is 367 g/mol. The zero-order valence-corrected chi connectivity index (χ0v) is 15.5. The molecule has 0 fully saturated rings. The molecule has 2 heterocycles. The number of nitrogens with zero attached hydrogens (tertiary/aromatic N) is 2. The zero-order valence-electron chi connectivity index (χ0n) is 15.5. The predicted octanol–water partition coefficient (Wildman–Crippen LogP) is 4.08. The van der Waals surface area contributed by atoms with E-state index in [4.69, 9.17) is 5.73 Å². The van der Waals surface area contributed by atoms with Crippen LogP contribution >= 0.6 is 0 Å². The maximum absolute atomic E-state index is 12.9. The molecule has 0 saturated carbocycles.